The van der Waals surface area contributed by atoms with Crippen molar-refractivity contribution in [2.24, 2.45) is 0 Å². The molecule has 0 aromatic carbocycles. The highest BCUT2D eigenvalue weighted by Crippen LogP contribution is 2.09. The number of rotatable bonds is 5. The molecule has 2 aromatic rings. The van der Waals surface area contributed by atoms with Crippen molar-refractivity contribution in [2.75, 3.05) is 19.0 Å². The average molecular weight is 247 g/mol. The normalized spacial score (nSPS) is 10.3. The molecule has 7 heteroatoms. The van der Waals surface area contributed by atoms with E-state index >= 15 is 0 Å². The predicted molar refractivity (Wildman–Crippen MR) is 64.3 cm³/mol. The van der Waals surface area contributed by atoms with Gasteiger partial charge < -0.3 is 10.1 Å². The summed E-state index contributed by atoms with van der Waals surface area (Å²) in [6, 6.07) is 3.54. The SMILES string of the molecule is COCCC(=O)Nc1ccc(-n2cnnc2)nc1. The van der Waals surface area contributed by atoms with Gasteiger partial charge in [0, 0.05) is 7.11 Å². The van der Waals surface area contributed by atoms with Gasteiger partial charge in [-0.25, -0.2) is 4.98 Å². The van der Waals surface area contributed by atoms with Crippen molar-refractivity contribution in [3.05, 3.63) is 31.0 Å². The molecule has 0 aliphatic rings. The van der Waals surface area contributed by atoms with Crippen molar-refractivity contribution in [3.63, 3.8) is 0 Å². The van der Waals surface area contributed by atoms with Gasteiger partial charge in [0.1, 0.15) is 18.5 Å². The number of hydrogen-bond acceptors (Lipinski definition) is 5. The minimum Gasteiger partial charge on any atom is -0.384 e. The molecule has 2 rings (SSSR count). The Morgan fingerprint density at radius 3 is 2.78 bits per heavy atom. The number of aromatic nitrogens is 4. The van der Waals surface area contributed by atoms with Crippen LogP contribution in [-0.4, -0.2) is 39.4 Å². The van der Waals surface area contributed by atoms with Crippen LogP contribution >= 0.6 is 0 Å². The Balaban J connectivity index is 1.98. The Morgan fingerprint density at radius 2 is 2.17 bits per heavy atom. The fourth-order valence-corrected chi connectivity index (χ4v) is 1.35. The number of methoxy groups -OCH3 is 1. The summed E-state index contributed by atoms with van der Waals surface area (Å²) < 4.78 is 6.50. The third-order valence-electron chi connectivity index (χ3n) is 2.25. The van der Waals surface area contributed by atoms with E-state index in [1.165, 1.54) is 0 Å². The molecule has 1 amide bonds. The van der Waals surface area contributed by atoms with Crippen LogP contribution in [0, 0.1) is 0 Å². The number of nitrogens with one attached hydrogen (secondary N) is 1. The van der Waals surface area contributed by atoms with Gasteiger partial charge in [-0.15, -0.1) is 10.2 Å². The molecule has 1 N–H and O–H groups in total. The monoisotopic (exact) mass is 247 g/mol. The second kappa shape index (κ2) is 5.87. The molecule has 18 heavy (non-hydrogen) atoms. The fourth-order valence-electron chi connectivity index (χ4n) is 1.35. The Labute approximate surface area is 104 Å². The van der Waals surface area contributed by atoms with Gasteiger partial charge in [0.25, 0.3) is 0 Å². The maximum absolute atomic E-state index is 11.4. The Bertz CT molecular complexity index is 495. The van der Waals surface area contributed by atoms with Gasteiger partial charge in [-0.2, -0.15) is 0 Å². The first-order chi connectivity index (χ1) is 8.79. The van der Waals surface area contributed by atoms with Crippen LogP contribution in [0.3, 0.4) is 0 Å². The molecular weight excluding hydrogens is 234 g/mol. The van der Waals surface area contributed by atoms with E-state index in [1.54, 1.807) is 42.7 Å². The van der Waals surface area contributed by atoms with Gasteiger partial charge in [0.2, 0.25) is 5.91 Å². The van der Waals surface area contributed by atoms with Crippen molar-refractivity contribution in [1.82, 2.24) is 19.7 Å². The molecular formula is C11H13N5O2. The second-order valence-electron chi connectivity index (χ2n) is 3.57. The highest BCUT2D eigenvalue weighted by Gasteiger charge is 2.03. The molecule has 0 bridgehead atoms. The zero-order valence-electron chi connectivity index (χ0n) is 9.91. The van der Waals surface area contributed by atoms with Crippen molar-refractivity contribution in [3.8, 4) is 5.82 Å². The van der Waals surface area contributed by atoms with E-state index in [0.717, 1.165) is 0 Å². The van der Waals surface area contributed by atoms with E-state index in [0.29, 0.717) is 24.5 Å². The standard InChI is InChI=1S/C11H13N5O2/c1-18-5-4-11(17)15-9-2-3-10(12-6-9)16-7-13-14-8-16/h2-3,6-8H,4-5H2,1H3,(H,15,17). The summed E-state index contributed by atoms with van der Waals surface area (Å²) in [5.41, 5.74) is 0.646. The van der Waals surface area contributed by atoms with Gasteiger partial charge in [-0.1, -0.05) is 0 Å². The number of ether oxygens (including phenoxy) is 1. The van der Waals surface area contributed by atoms with Crippen LogP contribution in [0.5, 0.6) is 0 Å². The second-order valence-corrected chi connectivity index (χ2v) is 3.57. The smallest absolute Gasteiger partial charge is 0.226 e. The third-order valence-corrected chi connectivity index (χ3v) is 2.25. The van der Waals surface area contributed by atoms with Crippen LogP contribution in [0.1, 0.15) is 6.42 Å². The lowest BCUT2D eigenvalue weighted by molar-refractivity contribution is -0.117. The molecule has 0 spiro atoms. The fraction of sp³-hybridized carbons (Fsp3) is 0.273. The summed E-state index contributed by atoms with van der Waals surface area (Å²) >= 11 is 0. The molecule has 0 unspecified atom stereocenters. The van der Waals surface area contributed by atoms with Gasteiger partial charge in [0.15, 0.2) is 0 Å². The maximum atomic E-state index is 11.4. The first-order valence-electron chi connectivity index (χ1n) is 5.39. The van der Waals surface area contributed by atoms with E-state index in [2.05, 4.69) is 20.5 Å². The number of anilines is 1. The summed E-state index contributed by atoms with van der Waals surface area (Å²) in [6.07, 6.45) is 5.02. The lowest BCUT2D eigenvalue weighted by Crippen LogP contribution is -2.13. The summed E-state index contributed by atoms with van der Waals surface area (Å²) in [7, 11) is 1.56. The lowest BCUT2D eigenvalue weighted by atomic mass is 10.3. The molecule has 0 aliphatic heterocycles. The maximum Gasteiger partial charge on any atom is 0.226 e. The summed E-state index contributed by atoms with van der Waals surface area (Å²) in [5.74, 6) is 0.589. The van der Waals surface area contributed by atoms with E-state index in [9.17, 15) is 4.79 Å². The van der Waals surface area contributed by atoms with Crippen LogP contribution in [0.4, 0.5) is 5.69 Å². The van der Waals surface area contributed by atoms with E-state index in [-0.39, 0.29) is 5.91 Å². The zero-order valence-corrected chi connectivity index (χ0v) is 9.91. The van der Waals surface area contributed by atoms with Crippen LogP contribution in [0.2, 0.25) is 0 Å². The molecule has 0 radical (unpaired) electrons. The van der Waals surface area contributed by atoms with Crippen molar-refractivity contribution in [1.29, 1.82) is 0 Å². The molecule has 2 heterocycles. The van der Waals surface area contributed by atoms with Gasteiger partial charge in [0.05, 0.1) is 24.9 Å². The summed E-state index contributed by atoms with van der Waals surface area (Å²) in [4.78, 5) is 15.6. The third kappa shape index (κ3) is 3.11. The summed E-state index contributed by atoms with van der Waals surface area (Å²) in [6.45, 7) is 0.401. The molecule has 0 atom stereocenters. The Kier molecular flexibility index (Phi) is 3.98. The van der Waals surface area contributed by atoms with Gasteiger partial charge >= 0.3 is 0 Å². The van der Waals surface area contributed by atoms with Crippen molar-refractivity contribution in [2.45, 2.75) is 6.42 Å². The average Bonchev–Trinajstić information content (AvgIpc) is 2.91. The van der Waals surface area contributed by atoms with Crippen molar-refractivity contribution < 1.29 is 9.53 Å². The first kappa shape index (κ1) is 12.2. The lowest BCUT2D eigenvalue weighted by Gasteiger charge is -2.05. The number of carbonyl (C=O) groups excluding carboxylic acids is 1. The van der Waals surface area contributed by atoms with Crippen LogP contribution in [0.25, 0.3) is 5.82 Å². The van der Waals surface area contributed by atoms with Crippen LogP contribution in [-0.2, 0) is 9.53 Å². The van der Waals surface area contributed by atoms with Crippen LogP contribution < -0.4 is 5.32 Å². The van der Waals surface area contributed by atoms with Gasteiger partial charge in [-0.05, 0) is 12.1 Å². The molecule has 94 valence electrons. The molecule has 7 nitrogen and oxygen atoms in total. The molecule has 0 saturated carbocycles. The predicted octanol–water partition coefficient (Wildman–Crippen LogP) is 0.637. The number of nitrogens with zero attached hydrogens (tertiary/aromatic N) is 4. The molecule has 0 fully saturated rings. The molecule has 0 aliphatic carbocycles. The quantitative estimate of drug-likeness (QED) is 0.838. The van der Waals surface area contributed by atoms with Crippen molar-refractivity contribution >= 4 is 11.6 Å². The zero-order chi connectivity index (χ0) is 12.8. The highest BCUT2D eigenvalue weighted by atomic mass is 16.5. The number of pyridine rings is 1. The Morgan fingerprint density at radius 1 is 1.39 bits per heavy atom. The number of carbonyl (C=O) groups is 1. The molecule has 0 saturated heterocycles. The van der Waals surface area contributed by atoms with Crippen LogP contribution in [0.15, 0.2) is 31.0 Å². The van der Waals surface area contributed by atoms with E-state index in [4.69, 9.17) is 4.74 Å². The Hall–Kier alpha value is -2.28. The summed E-state index contributed by atoms with van der Waals surface area (Å²) in [5, 5.41) is 10.1. The highest BCUT2D eigenvalue weighted by molar-refractivity contribution is 5.90. The minimum atomic E-state index is -0.101. The van der Waals surface area contributed by atoms with Gasteiger partial charge in [-0.3, -0.25) is 9.36 Å². The largest absolute Gasteiger partial charge is 0.384 e. The van der Waals surface area contributed by atoms with E-state index in [1.807, 2.05) is 0 Å². The molecule has 2 aromatic heterocycles. The first-order valence-corrected chi connectivity index (χ1v) is 5.39. The van der Waals surface area contributed by atoms with E-state index < -0.39 is 0 Å². The topological polar surface area (TPSA) is 81.9 Å². The number of amides is 1. The minimum absolute atomic E-state index is 0.101. The number of hydrogen-bond donors (Lipinski definition) is 1.